The molecule has 0 aromatic heterocycles. The Kier molecular flexibility index (Phi) is 6.70. The quantitative estimate of drug-likeness (QED) is 0.746. The van der Waals surface area contributed by atoms with Gasteiger partial charge in [0.2, 0.25) is 0 Å². The van der Waals surface area contributed by atoms with Gasteiger partial charge in [0.05, 0.1) is 13.7 Å². The number of hydrogen-bond acceptors (Lipinski definition) is 4. The molecule has 4 heteroatoms. The standard InChI is InChI=1S/C16H25NO2S/c1-3-9-17-14(13-8-10-19-11-13)12-20-16-7-5-4-6-15(16)18-2/h4-7,13-14,17H,3,8-12H2,1-2H3. The summed E-state index contributed by atoms with van der Waals surface area (Å²) in [6.07, 6.45) is 2.34. The molecule has 2 unspecified atom stereocenters. The van der Waals surface area contributed by atoms with E-state index in [1.54, 1.807) is 7.11 Å². The smallest absolute Gasteiger partial charge is 0.132 e. The van der Waals surface area contributed by atoms with E-state index in [-0.39, 0.29) is 0 Å². The van der Waals surface area contributed by atoms with Crippen LogP contribution in [0.4, 0.5) is 0 Å². The number of thioether (sulfide) groups is 1. The summed E-state index contributed by atoms with van der Waals surface area (Å²) in [6.45, 7) is 5.10. The fraction of sp³-hybridized carbons (Fsp3) is 0.625. The molecule has 0 spiro atoms. The first-order valence-corrected chi connectivity index (χ1v) is 8.40. The molecular weight excluding hydrogens is 270 g/mol. The molecule has 3 nitrogen and oxygen atoms in total. The largest absolute Gasteiger partial charge is 0.496 e. The molecule has 1 N–H and O–H groups in total. The molecule has 1 aliphatic rings. The number of methoxy groups -OCH3 is 1. The number of hydrogen-bond donors (Lipinski definition) is 1. The van der Waals surface area contributed by atoms with Crippen molar-refractivity contribution in [1.82, 2.24) is 5.32 Å². The Hall–Kier alpha value is -0.710. The SMILES string of the molecule is CCCNC(CSc1ccccc1OC)C1CCOC1. The van der Waals surface area contributed by atoms with Crippen molar-refractivity contribution in [2.24, 2.45) is 5.92 Å². The summed E-state index contributed by atoms with van der Waals surface area (Å²) < 4.78 is 11.0. The van der Waals surface area contributed by atoms with Gasteiger partial charge in [0.15, 0.2) is 0 Å². The Balaban J connectivity index is 1.93. The van der Waals surface area contributed by atoms with Gasteiger partial charge in [0, 0.05) is 29.2 Å². The first-order valence-electron chi connectivity index (χ1n) is 7.42. The topological polar surface area (TPSA) is 30.5 Å². The van der Waals surface area contributed by atoms with Crippen LogP contribution in [0.25, 0.3) is 0 Å². The molecule has 1 heterocycles. The average Bonchev–Trinajstić information content (AvgIpc) is 3.02. The molecule has 1 saturated heterocycles. The van der Waals surface area contributed by atoms with E-state index in [4.69, 9.17) is 9.47 Å². The minimum atomic E-state index is 0.521. The molecule has 1 aromatic rings. The minimum absolute atomic E-state index is 0.521. The third kappa shape index (κ3) is 4.40. The Morgan fingerprint density at radius 3 is 3.00 bits per heavy atom. The number of para-hydroxylation sites is 1. The number of rotatable bonds is 8. The number of nitrogens with one attached hydrogen (secondary N) is 1. The molecule has 1 aliphatic heterocycles. The fourth-order valence-electron chi connectivity index (χ4n) is 2.48. The second kappa shape index (κ2) is 8.55. The van der Waals surface area contributed by atoms with E-state index < -0.39 is 0 Å². The highest BCUT2D eigenvalue weighted by Crippen LogP contribution is 2.31. The molecular formula is C16H25NO2S. The van der Waals surface area contributed by atoms with Gasteiger partial charge in [-0.3, -0.25) is 0 Å². The predicted octanol–water partition coefficient (Wildman–Crippen LogP) is 3.19. The number of benzene rings is 1. The van der Waals surface area contributed by atoms with Crippen LogP contribution in [0, 0.1) is 5.92 Å². The van der Waals surface area contributed by atoms with Gasteiger partial charge in [-0.05, 0) is 31.5 Å². The number of ether oxygens (including phenoxy) is 2. The summed E-state index contributed by atoms with van der Waals surface area (Å²) in [6, 6.07) is 8.76. The van der Waals surface area contributed by atoms with Crippen LogP contribution in [0.5, 0.6) is 5.75 Å². The van der Waals surface area contributed by atoms with Gasteiger partial charge in [-0.1, -0.05) is 19.1 Å². The zero-order valence-corrected chi connectivity index (χ0v) is 13.2. The zero-order chi connectivity index (χ0) is 14.2. The molecule has 112 valence electrons. The first kappa shape index (κ1) is 15.7. The zero-order valence-electron chi connectivity index (χ0n) is 12.4. The van der Waals surface area contributed by atoms with Crippen LogP contribution in [0.1, 0.15) is 19.8 Å². The lowest BCUT2D eigenvalue weighted by molar-refractivity contribution is 0.179. The van der Waals surface area contributed by atoms with Gasteiger partial charge in [-0.15, -0.1) is 11.8 Å². The van der Waals surface area contributed by atoms with Gasteiger partial charge in [0.1, 0.15) is 5.75 Å². The van der Waals surface area contributed by atoms with Crippen LogP contribution < -0.4 is 10.1 Å². The van der Waals surface area contributed by atoms with Crippen molar-refractivity contribution in [3.05, 3.63) is 24.3 Å². The molecule has 1 aromatic carbocycles. The molecule has 20 heavy (non-hydrogen) atoms. The van der Waals surface area contributed by atoms with E-state index in [0.717, 1.165) is 31.3 Å². The molecule has 0 bridgehead atoms. The van der Waals surface area contributed by atoms with E-state index in [1.807, 2.05) is 23.9 Å². The van der Waals surface area contributed by atoms with Crippen LogP contribution in [0.15, 0.2) is 29.2 Å². The first-order chi connectivity index (χ1) is 9.85. The minimum Gasteiger partial charge on any atom is -0.496 e. The lowest BCUT2D eigenvalue weighted by atomic mass is 10.0. The van der Waals surface area contributed by atoms with Gasteiger partial charge < -0.3 is 14.8 Å². The molecule has 2 atom stereocenters. The Morgan fingerprint density at radius 1 is 1.45 bits per heavy atom. The monoisotopic (exact) mass is 295 g/mol. The van der Waals surface area contributed by atoms with Gasteiger partial charge in [-0.2, -0.15) is 0 Å². The van der Waals surface area contributed by atoms with Crippen molar-refractivity contribution >= 4 is 11.8 Å². The van der Waals surface area contributed by atoms with Crippen LogP contribution in [-0.4, -0.2) is 38.7 Å². The van der Waals surface area contributed by atoms with Crippen LogP contribution in [0.3, 0.4) is 0 Å². The van der Waals surface area contributed by atoms with E-state index in [9.17, 15) is 0 Å². The lowest BCUT2D eigenvalue weighted by Crippen LogP contribution is -2.39. The van der Waals surface area contributed by atoms with Crippen molar-refractivity contribution in [1.29, 1.82) is 0 Å². The summed E-state index contributed by atoms with van der Waals surface area (Å²) in [5.74, 6) is 2.67. The Bertz CT molecular complexity index is 394. The third-order valence-electron chi connectivity index (χ3n) is 3.68. The molecule has 0 saturated carbocycles. The highest BCUT2D eigenvalue weighted by molar-refractivity contribution is 7.99. The Morgan fingerprint density at radius 2 is 2.30 bits per heavy atom. The third-order valence-corrected chi connectivity index (χ3v) is 4.85. The van der Waals surface area contributed by atoms with E-state index in [1.165, 1.54) is 17.7 Å². The molecule has 0 radical (unpaired) electrons. The summed E-state index contributed by atoms with van der Waals surface area (Å²) in [7, 11) is 1.73. The second-order valence-corrected chi connectivity index (χ2v) is 6.21. The van der Waals surface area contributed by atoms with Crippen LogP contribution in [0.2, 0.25) is 0 Å². The summed E-state index contributed by atoms with van der Waals surface area (Å²) in [5, 5.41) is 3.68. The summed E-state index contributed by atoms with van der Waals surface area (Å²) >= 11 is 1.87. The van der Waals surface area contributed by atoms with E-state index in [0.29, 0.717) is 12.0 Å². The van der Waals surface area contributed by atoms with E-state index >= 15 is 0 Å². The summed E-state index contributed by atoms with van der Waals surface area (Å²) in [5.41, 5.74) is 0. The molecule has 0 amide bonds. The Labute approximate surface area is 126 Å². The van der Waals surface area contributed by atoms with Gasteiger partial charge in [-0.25, -0.2) is 0 Å². The molecule has 0 aliphatic carbocycles. The van der Waals surface area contributed by atoms with Crippen LogP contribution >= 0.6 is 11.8 Å². The van der Waals surface area contributed by atoms with Crippen molar-refractivity contribution in [2.45, 2.75) is 30.7 Å². The van der Waals surface area contributed by atoms with Gasteiger partial charge >= 0.3 is 0 Å². The van der Waals surface area contributed by atoms with Crippen molar-refractivity contribution in [3.63, 3.8) is 0 Å². The molecule has 1 fully saturated rings. The highest BCUT2D eigenvalue weighted by Gasteiger charge is 2.25. The van der Waals surface area contributed by atoms with Crippen molar-refractivity contribution in [3.8, 4) is 5.75 Å². The normalized spacial score (nSPS) is 20.0. The maximum absolute atomic E-state index is 5.54. The van der Waals surface area contributed by atoms with Crippen molar-refractivity contribution < 1.29 is 9.47 Å². The predicted molar refractivity (Wildman–Crippen MR) is 84.7 cm³/mol. The maximum atomic E-state index is 5.54. The lowest BCUT2D eigenvalue weighted by Gasteiger charge is -2.23. The fourth-order valence-corrected chi connectivity index (χ4v) is 3.70. The molecule has 2 rings (SSSR count). The highest BCUT2D eigenvalue weighted by atomic mass is 32.2. The average molecular weight is 295 g/mol. The van der Waals surface area contributed by atoms with Crippen molar-refractivity contribution in [2.75, 3.05) is 32.6 Å². The van der Waals surface area contributed by atoms with E-state index in [2.05, 4.69) is 24.4 Å². The maximum Gasteiger partial charge on any atom is 0.132 e. The van der Waals surface area contributed by atoms with Crippen LogP contribution in [-0.2, 0) is 4.74 Å². The van der Waals surface area contributed by atoms with Gasteiger partial charge in [0.25, 0.3) is 0 Å². The second-order valence-electron chi connectivity index (χ2n) is 5.15. The summed E-state index contributed by atoms with van der Waals surface area (Å²) in [4.78, 5) is 1.22.